The molecule has 3 rings (SSSR count). The van der Waals surface area contributed by atoms with Gasteiger partial charge >= 0.3 is 0 Å². The van der Waals surface area contributed by atoms with Crippen molar-refractivity contribution in [2.45, 2.75) is 103 Å². The van der Waals surface area contributed by atoms with Gasteiger partial charge in [-0.25, -0.2) is 0 Å². The molecule has 2 saturated carbocycles. The van der Waals surface area contributed by atoms with E-state index in [1.54, 1.807) is 25.2 Å². The van der Waals surface area contributed by atoms with Crippen LogP contribution < -0.4 is 11.5 Å². The molecule has 1 aromatic rings. The zero-order valence-corrected chi connectivity index (χ0v) is 28.1. The molecule has 0 bridgehead atoms. The highest BCUT2D eigenvalue weighted by atomic mass is 16.3. The summed E-state index contributed by atoms with van der Waals surface area (Å²) in [6, 6.07) is 7.39. The molecule has 8 nitrogen and oxygen atoms in total. The molecule has 9 N–H and O–H groups in total. The monoisotopic (exact) mass is 636 g/mol. The van der Waals surface area contributed by atoms with Gasteiger partial charge in [0.05, 0.1) is 30.6 Å². The Balaban J connectivity index is 1.95. The van der Waals surface area contributed by atoms with Gasteiger partial charge in [0.15, 0.2) is 5.78 Å². The van der Waals surface area contributed by atoms with Crippen LogP contribution in [0.2, 0.25) is 0 Å². The average molecular weight is 637 g/mol. The number of hydrogen-bond acceptors (Lipinski definition) is 8. The van der Waals surface area contributed by atoms with E-state index in [4.69, 9.17) is 11.5 Å². The molecule has 2 fully saturated rings. The predicted molar refractivity (Wildman–Crippen MR) is 183 cm³/mol. The van der Waals surface area contributed by atoms with Gasteiger partial charge in [0.1, 0.15) is 0 Å². The summed E-state index contributed by atoms with van der Waals surface area (Å²) in [5, 5.41) is 54.8. The molecule has 2 aliphatic carbocycles. The van der Waals surface area contributed by atoms with Gasteiger partial charge in [-0.05, 0) is 106 Å². The Labute approximate surface area is 274 Å². The van der Waals surface area contributed by atoms with E-state index in [-0.39, 0.29) is 31.3 Å². The number of benzene rings is 1. The number of ketones is 1. The molecule has 0 aliphatic heterocycles. The van der Waals surface area contributed by atoms with E-state index in [0.29, 0.717) is 61.7 Å². The SMILES string of the molecule is C=C(/C=C/C=C(/CO)[C@H]1CC[C@@]2([C@H](CCCO)/C(=C(\C)C(=O)Cc3cccc(C(N)N)c3)CC[C@@]2(C)O)[C@@H]1O)[C@H](O)CC=C(C)C. The number of aliphatic hydroxyl groups excluding tert-OH is 4. The molecule has 46 heavy (non-hydrogen) atoms. The van der Waals surface area contributed by atoms with Gasteiger partial charge in [-0.2, -0.15) is 0 Å². The summed E-state index contributed by atoms with van der Waals surface area (Å²) in [7, 11) is 0. The largest absolute Gasteiger partial charge is 0.396 e. The molecule has 1 aromatic carbocycles. The second-order valence-corrected chi connectivity index (χ2v) is 13.7. The Morgan fingerprint density at radius 2 is 1.89 bits per heavy atom. The lowest BCUT2D eigenvalue weighted by molar-refractivity contribution is -0.167. The Bertz CT molecular complexity index is 1350. The molecule has 0 unspecified atom stereocenters. The van der Waals surface area contributed by atoms with Gasteiger partial charge in [-0.1, -0.05) is 66.3 Å². The third kappa shape index (κ3) is 8.42. The zero-order valence-electron chi connectivity index (χ0n) is 28.1. The van der Waals surface area contributed by atoms with Crippen LogP contribution in [0.5, 0.6) is 0 Å². The Morgan fingerprint density at radius 3 is 2.52 bits per heavy atom. The van der Waals surface area contributed by atoms with Crippen LogP contribution >= 0.6 is 0 Å². The fourth-order valence-electron chi connectivity index (χ4n) is 7.67. The maximum Gasteiger partial charge on any atom is 0.162 e. The van der Waals surface area contributed by atoms with Gasteiger partial charge in [-0.15, -0.1) is 0 Å². The van der Waals surface area contributed by atoms with Crippen molar-refractivity contribution in [2.75, 3.05) is 13.2 Å². The van der Waals surface area contributed by atoms with Crippen LogP contribution in [0.15, 0.2) is 83.0 Å². The van der Waals surface area contributed by atoms with Crippen LogP contribution in [0.4, 0.5) is 0 Å². The molecular formula is C38H56N2O6. The second kappa shape index (κ2) is 16.4. The highest BCUT2D eigenvalue weighted by Crippen LogP contribution is 2.63. The van der Waals surface area contributed by atoms with Crippen LogP contribution in [-0.4, -0.2) is 62.3 Å². The fourth-order valence-corrected chi connectivity index (χ4v) is 7.67. The molecule has 0 saturated heterocycles. The number of carbonyl (C=O) groups is 1. The summed E-state index contributed by atoms with van der Waals surface area (Å²) in [6.45, 7) is 11.2. The first-order valence-corrected chi connectivity index (χ1v) is 16.5. The van der Waals surface area contributed by atoms with Crippen molar-refractivity contribution in [3.63, 3.8) is 0 Å². The maximum atomic E-state index is 13.7. The molecule has 0 amide bonds. The molecule has 2 aliphatic rings. The van der Waals surface area contributed by atoms with E-state index >= 15 is 0 Å². The molecule has 1 spiro atoms. The highest BCUT2D eigenvalue weighted by molar-refractivity contribution is 5.97. The van der Waals surface area contributed by atoms with Crippen LogP contribution in [0.1, 0.15) is 89.9 Å². The summed E-state index contributed by atoms with van der Waals surface area (Å²) in [6.07, 6.45) is 8.35. The van der Waals surface area contributed by atoms with E-state index in [9.17, 15) is 30.3 Å². The van der Waals surface area contributed by atoms with Crippen molar-refractivity contribution in [1.82, 2.24) is 0 Å². The summed E-state index contributed by atoms with van der Waals surface area (Å²) in [5.41, 5.74) is 14.9. The number of aliphatic hydroxyl groups is 5. The van der Waals surface area contributed by atoms with Gasteiger partial charge in [0, 0.05) is 24.4 Å². The van der Waals surface area contributed by atoms with Gasteiger partial charge in [0.2, 0.25) is 0 Å². The van der Waals surface area contributed by atoms with E-state index in [1.165, 1.54) is 0 Å². The van der Waals surface area contributed by atoms with E-state index in [1.807, 2.05) is 51.1 Å². The van der Waals surface area contributed by atoms with Crippen LogP contribution in [0.25, 0.3) is 0 Å². The Morgan fingerprint density at radius 1 is 1.17 bits per heavy atom. The number of rotatable bonds is 14. The molecule has 0 radical (unpaired) electrons. The minimum atomic E-state index is -1.24. The highest BCUT2D eigenvalue weighted by Gasteiger charge is 2.64. The van der Waals surface area contributed by atoms with E-state index in [0.717, 1.165) is 22.3 Å². The van der Waals surface area contributed by atoms with Crippen molar-refractivity contribution < 1.29 is 30.3 Å². The first kappa shape index (κ1) is 37.8. The molecule has 0 aromatic heterocycles. The van der Waals surface area contributed by atoms with E-state index in [2.05, 4.69) is 6.58 Å². The topological polar surface area (TPSA) is 170 Å². The standard InChI is InChI=1S/C38H56N2O6/c1-24(2)14-15-33(43)25(3)9-6-12-29(23-42)31-17-19-38(35(31)45)32(13-8-20-41)30(16-18-37(38,5)46)26(4)34(44)22-27-10-7-11-28(21-27)36(39)40/h6-7,9-12,14,21,31-33,35-36,41-43,45-46H,3,8,13,15-20,22-23,39-40H2,1-2,4-5H3/b9-6+,29-12-,30-26+/t31-,32-,33-,35-,37-,38-/m1/s1. The van der Waals surface area contributed by atoms with E-state index < -0.39 is 35.3 Å². The van der Waals surface area contributed by atoms with Crippen molar-refractivity contribution in [1.29, 1.82) is 0 Å². The first-order chi connectivity index (χ1) is 21.7. The van der Waals surface area contributed by atoms with Gasteiger partial charge in [0.25, 0.3) is 0 Å². The zero-order chi connectivity index (χ0) is 34.2. The normalized spacial score (nSPS) is 28.6. The minimum Gasteiger partial charge on any atom is -0.396 e. The lowest BCUT2D eigenvalue weighted by Crippen LogP contribution is -2.59. The fraction of sp³-hybridized carbons (Fsp3) is 0.553. The number of carbonyl (C=O) groups excluding carboxylic acids is 1. The Kier molecular flexibility index (Phi) is 13.5. The lowest BCUT2D eigenvalue weighted by Gasteiger charge is -2.55. The molecule has 0 heterocycles. The molecule has 6 atom stereocenters. The second-order valence-electron chi connectivity index (χ2n) is 13.7. The van der Waals surface area contributed by atoms with Crippen molar-refractivity contribution in [2.24, 2.45) is 28.7 Å². The predicted octanol–water partition coefficient (Wildman–Crippen LogP) is 4.47. The number of hydrogen-bond donors (Lipinski definition) is 7. The first-order valence-electron chi connectivity index (χ1n) is 16.5. The summed E-state index contributed by atoms with van der Waals surface area (Å²) in [5.74, 6) is -0.794. The van der Waals surface area contributed by atoms with Crippen molar-refractivity contribution in [3.8, 4) is 0 Å². The molecule has 254 valence electrons. The Hall–Kier alpha value is -2.69. The third-order valence-electron chi connectivity index (χ3n) is 10.4. The summed E-state index contributed by atoms with van der Waals surface area (Å²) in [4.78, 5) is 13.7. The van der Waals surface area contributed by atoms with Crippen LogP contribution in [0, 0.1) is 17.3 Å². The number of allylic oxidation sites excluding steroid dienone is 5. The smallest absolute Gasteiger partial charge is 0.162 e. The van der Waals surface area contributed by atoms with Crippen LogP contribution in [-0.2, 0) is 11.2 Å². The maximum absolute atomic E-state index is 13.7. The third-order valence-corrected chi connectivity index (χ3v) is 10.4. The molecular weight excluding hydrogens is 580 g/mol. The number of nitrogens with two attached hydrogens (primary N) is 2. The lowest BCUT2D eigenvalue weighted by atomic mass is 9.52. The van der Waals surface area contributed by atoms with Gasteiger partial charge < -0.3 is 37.0 Å². The quantitative estimate of drug-likeness (QED) is 0.0679. The van der Waals surface area contributed by atoms with Crippen molar-refractivity contribution >= 4 is 5.78 Å². The van der Waals surface area contributed by atoms with Crippen LogP contribution in [0.3, 0.4) is 0 Å². The summed E-state index contributed by atoms with van der Waals surface area (Å²) >= 11 is 0. The molecule has 8 heteroatoms. The van der Waals surface area contributed by atoms with Gasteiger partial charge in [-0.3, -0.25) is 4.79 Å². The average Bonchev–Trinajstić information content (AvgIpc) is 3.36. The summed E-state index contributed by atoms with van der Waals surface area (Å²) < 4.78 is 0. The van der Waals surface area contributed by atoms with Crippen molar-refractivity contribution in [3.05, 3.63) is 94.1 Å². The minimum absolute atomic E-state index is 0.0412. The number of Topliss-reactive ketones (excluding diaryl/α,β-unsaturated/α-hetero) is 1.